The van der Waals surface area contributed by atoms with E-state index in [-0.39, 0.29) is 23.8 Å². The molecule has 1 amide bonds. The van der Waals surface area contributed by atoms with Gasteiger partial charge in [-0.15, -0.1) is 0 Å². The van der Waals surface area contributed by atoms with Crippen molar-refractivity contribution in [2.24, 2.45) is 5.73 Å². The second-order valence-corrected chi connectivity index (χ2v) is 6.09. The molecule has 2 N–H and O–H groups in total. The lowest BCUT2D eigenvalue weighted by atomic mass is 10.1. The number of rotatable bonds is 3. The van der Waals surface area contributed by atoms with Crippen molar-refractivity contribution in [3.05, 3.63) is 35.6 Å². The molecule has 2 fully saturated rings. The van der Waals surface area contributed by atoms with Gasteiger partial charge < -0.3 is 10.6 Å². The van der Waals surface area contributed by atoms with Crippen LogP contribution >= 0.6 is 0 Å². The zero-order chi connectivity index (χ0) is 14.8. The first-order valence-electron chi connectivity index (χ1n) is 7.66. The summed E-state index contributed by atoms with van der Waals surface area (Å²) >= 11 is 0. The molecule has 2 aliphatic heterocycles. The maximum atomic E-state index is 13.0. The van der Waals surface area contributed by atoms with Gasteiger partial charge in [-0.1, -0.05) is 12.1 Å². The average molecular weight is 291 g/mol. The molecular weight excluding hydrogens is 269 g/mol. The third-order valence-corrected chi connectivity index (χ3v) is 4.48. The Morgan fingerprint density at radius 1 is 1.24 bits per heavy atom. The second kappa shape index (κ2) is 6.12. The van der Waals surface area contributed by atoms with Crippen LogP contribution in [0.15, 0.2) is 24.3 Å². The fourth-order valence-electron chi connectivity index (χ4n) is 3.32. The molecule has 2 saturated heterocycles. The topological polar surface area (TPSA) is 49.6 Å². The number of nitrogens with two attached hydrogens (primary N) is 1. The highest BCUT2D eigenvalue weighted by Gasteiger charge is 2.35. The predicted octanol–water partition coefficient (Wildman–Crippen LogP) is 1.35. The molecule has 5 heteroatoms. The lowest BCUT2D eigenvalue weighted by Gasteiger charge is -2.27. The van der Waals surface area contributed by atoms with Crippen LogP contribution < -0.4 is 5.73 Å². The van der Waals surface area contributed by atoms with Gasteiger partial charge in [0, 0.05) is 25.7 Å². The summed E-state index contributed by atoms with van der Waals surface area (Å²) < 4.78 is 13.0. The van der Waals surface area contributed by atoms with Gasteiger partial charge in [0.1, 0.15) is 5.82 Å². The van der Waals surface area contributed by atoms with Crippen molar-refractivity contribution in [2.45, 2.75) is 37.9 Å². The maximum absolute atomic E-state index is 13.0. The molecular formula is C16H22FN3O. The Morgan fingerprint density at radius 2 is 2.00 bits per heavy atom. The minimum atomic E-state index is -0.223. The number of carbonyl (C=O) groups excluding carboxylic acids is 1. The van der Waals surface area contributed by atoms with Crippen LogP contribution in [0, 0.1) is 5.82 Å². The second-order valence-electron chi connectivity index (χ2n) is 6.09. The Bertz CT molecular complexity index is 505. The van der Waals surface area contributed by atoms with Gasteiger partial charge in [-0.05, 0) is 43.5 Å². The lowest BCUT2D eigenvalue weighted by Crippen LogP contribution is -2.45. The van der Waals surface area contributed by atoms with Gasteiger partial charge in [0.05, 0.1) is 6.04 Å². The van der Waals surface area contributed by atoms with Crippen molar-refractivity contribution in [3.63, 3.8) is 0 Å². The van der Waals surface area contributed by atoms with E-state index in [1.165, 1.54) is 12.1 Å². The van der Waals surface area contributed by atoms with E-state index in [0.717, 1.165) is 37.9 Å². The Kier molecular flexibility index (Phi) is 4.22. The first-order valence-corrected chi connectivity index (χ1v) is 7.66. The van der Waals surface area contributed by atoms with E-state index >= 15 is 0 Å². The molecule has 0 spiro atoms. The van der Waals surface area contributed by atoms with Gasteiger partial charge in [0.2, 0.25) is 5.91 Å². The molecule has 2 heterocycles. The summed E-state index contributed by atoms with van der Waals surface area (Å²) in [5, 5.41) is 0. The largest absolute Gasteiger partial charge is 0.340 e. The summed E-state index contributed by atoms with van der Waals surface area (Å²) in [6.45, 7) is 3.09. The normalized spacial score (nSPS) is 26.5. The van der Waals surface area contributed by atoms with E-state index in [1.807, 2.05) is 4.90 Å². The molecule has 1 aromatic carbocycles. The first-order chi connectivity index (χ1) is 10.1. The summed E-state index contributed by atoms with van der Waals surface area (Å²) in [5.41, 5.74) is 6.94. The summed E-state index contributed by atoms with van der Waals surface area (Å²) in [5.74, 6) is -0.0126. The van der Waals surface area contributed by atoms with Crippen molar-refractivity contribution in [1.29, 1.82) is 0 Å². The number of hydrogen-bond acceptors (Lipinski definition) is 3. The average Bonchev–Trinajstić information content (AvgIpc) is 3.10. The first kappa shape index (κ1) is 14.5. The van der Waals surface area contributed by atoms with Crippen molar-refractivity contribution >= 4 is 5.91 Å². The number of amides is 1. The van der Waals surface area contributed by atoms with Crippen LogP contribution in [-0.4, -0.2) is 47.4 Å². The van der Waals surface area contributed by atoms with E-state index in [0.29, 0.717) is 13.1 Å². The molecule has 0 aliphatic carbocycles. The Labute approximate surface area is 124 Å². The lowest BCUT2D eigenvalue weighted by molar-refractivity contribution is -0.135. The van der Waals surface area contributed by atoms with Crippen LogP contribution in [0.4, 0.5) is 4.39 Å². The van der Waals surface area contributed by atoms with E-state index in [4.69, 9.17) is 5.73 Å². The monoisotopic (exact) mass is 291 g/mol. The van der Waals surface area contributed by atoms with Gasteiger partial charge in [-0.25, -0.2) is 4.39 Å². The van der Waals surface area contributed by atoms with Crippen LogP contribution in [0.2, 0.25) is 0 Å². The van der Waals surface area contributed by atoms with Crippen LogP contribution in [0.1, 0.15) is 24.8 Å². The van der Waals surface area contributed by atoms with E-state index in [1.54, 1.807) is 12.1 Å². The van der Waals surface area contributed by atoms with Crippen molar-refractivity contribution < 1.29 is 9.18 Å². The number of nitrogens with zero attached hydrogens (tertiary/aromatic N) is 2. The SMILES string of the molecule is N[C@H]1CCN(C(=O)[C@H]2CCCN2Cc2ccc(F)cc2)C1. The Morgan fingerprint density at radius 3 is 2.67 bits per heavy atom. The molecule has 21 heavy (non-hydrogen) atoms. The maximum Gasteiger partial charge on any atom is 0.239 e. The molecule has 2 aliphatic rings. The van der Waals surface area contributed by atoms with E-state index in [2.05, 4.69) is 4.90 Å². The number of hydrogen-bond donors (Lipinski definition) is 1. The Balaban J connectivity index is 1.65. The third-order valence-electron chi connectivity index (χ3n) is 4.48. The molecule has 3 rings (SSSR count). The minimum absolute atomic E-state index is 0.0413. The van der Waals surface area contributed by atoms with Gasteiger partial charge in [0.25, 0.3) is 0 Å². The standard InChI is InChI=1S/C16H22FN3O/c17-13-5-3-12(4-6-13)10-19-8-1-2-15(19)16(21)20-9-7-14(18)11-20/h3-6,14-15H,1-2,7-11,18H2/t14-,15+/m0/s1. The third kappa shape index (κ3) is 3.24. The van der Waals surface area contributed by atoms with Gasteiger partial charge in [-0.3, -0.25) is 9.69 Å². The minimum Gasteiger partial charge on any atom is -0.340 e. The zero-order valence-electron chi connectivity index (χ0n) is 12.2. The van der Waals surface area contributed by atoms with Gasteiger partial charge >= 0.3 is 0 Å². The van der Waals surface area contributed by atoms with Crippen molar-refractivity contribution in [2.75, 3.05) is 19.6 Å². The van der Waals surface area contributed by atoms with Crippen LogP contribution in [0.3, 0.4) is 0 Å². The molecule has 2 atom stereocenters. The number of benzene rings is 1. The predicted molar refractivity (Wildman–Crippen MR) is 79.0 cm³/mol. The number of carbonyl (C=O) groups is 1. The van der Waals surface area contributed by atoms with E-state index < -0.39 is 0 Å². The number of halogens is 1. The van der Waals surface area contributed by atoms with Gasteiger partial charge in [-0.2, -0.15) is 0 Å². The molecule has 0 saturated carbocycles. The molecule has 0 radical (unpaired) electrons. The highest BCUT2D eigenvalue weighted by Crippen LogP contribution is 2.23. The van der Waals surface area contributed by atoms with E-state index in [9.17, 15) is 9.18 Å². The summed E-state index contributed by atoms with van der Waals surface area (Å²) in [6, 6.07) is 6.62. The Hall–Kier alpha value is -1.46. The molecule has 0 aromatic heterocycles. The zero-order valence-corrected chi connectivity index (χ0v) is 12.2. The highest BCUT2D eigenvalue weighted by atomic mass is 19.1. The van der Waals surface area contributed by atoms with Crippen molar-refractivity contribution in [3.8, 4) is 0 Å². The fourth-order valence-corrected chi connectivity index (χ4v) is 3.32. The van der Waals surface area contributed by atoms with Crippen LogP contribution in [-0.2, 0) is 11.3 Å². The smallest absolute Gasteiger partial charge is 0.239 e. The molecule has 1 aromatic rings. The summed E-state index contributed by atoms with van der Waals surface area (Å²) in [4.78, 5) is 16.7. The van der Waals surface area contributed by atoms with Crippen LogP contribution in [0.5, 0.6) is 0 Å². The van der Waals surface area contributed by atoms with Crippen LogP contribution in [0.25, 0.3) is 0 Å². The molecule has 0 bridgehead atoms. The summed E-state index contributed by atoms with van der Waals surface area (Å²) in [6.07, 6.45) is 2.85. The summed E-state index contributed by atoms with van der Waals surface area (Å²) in [7, 11) is 0. The fraction of sp³-hybridized carbons (Fsp3) is 0.562. The molecule has 4 nitrogen and oxygen atoms in total. The highest BCUT2D eigenvalue weighted by molar-refractivity contribution is 5.82. The quantitative estimate of drug-likeness (QED) is 0.914. The van der Waals surface area contributed by atoms with Gasteiger partial charge in [0.15, 0.2) is 0 Å². The molecule has 114 valence electrons. The number of likely N-dealkylation sites (tertiary alicyclic amines) is 2. The molecule has 0 unspecified atom stereocenters. The van der Waals surface area contributed by atoms with Crippen molar-refractivity contribution in [1.82, 2.24) is 9.80 Å².